The molecule has 1 atom stereocenters. The van der Waals surface area contributed by atoms with Crippen molar-refractivity contribution in [3.63, 3.8) is 0 Å². The number of rotatable bonds is 6. The highest BCUT2D eigenvalue weighted by Crippen LogP contribution is 2.21. The summed E-state index contributed by atoms with van der Waals surface area (Å²) >= 11 is 0. The van der Waals surface area contributed by atoms with Crippen LogP contribution in [-0.2, 0) is 13.0 Å². The van der Waals surface area contributed by atoms with Crippen LogP contribution < -0.4 is 10.2 Å². The van der Waals surface area contributed by atoms with Crippen molar-refractivity contribution in [2.24, 2.45) is 0 Å². The van der Waals surface area contributed by atoms with Gasteiger partial charge in [-0.2, -0.15) is 5.10 Å². The summed E-state index contributed by atoms with van der Waals surface area (Å²) in [6.07, 6.45) is 2.46. The van der Waals surface area contributed by atoms with Crippen molar-refractivity contribution in [2.45, 2.75) is 25.9 Å². The zero-order valence-electron chi connectivity index (χ0n) is 12.7. The lowest BCUT2D eigenvalue weighted by molar-refractivity contribution is 0.533. The van der Waals surface area contributed by atoms with Gasteiger partial charge in [-0.25, -0.2) is 4.98 Å². The average Bonchev–Trinajstić information content (AvgIpc) is 2.92. The van der Waals surface area contributed by atoms with Crippen molar-refractivity contribution in [3.8, 4) is 0 Å². The van der Waals surface area contributed by atoms with Crippen LogP contribution in [0.2, 0.25) is 0 Å². The van der Waals surface area contributed by atoms with Crippen molar-refractivity contribution >= 4 is 5.69 Å². The first-order valence-corrected chi connectivity index (χ1v) is 6.97. The second-order valence-electron chi connectivity index (χ2n) is 5.03. The van der Waals surface area contributed by atoms with Gasteiger partial charge >= 0.3 is 0 Å². The molecular formula is C15H23N5. The Bertz CT molecular complexity index is 547. The minimum absolute atomic E-state index is 0.240. The molecule has 1 aromatic heterocycles. The summed E-state index contributed by atoms with van der Waals surface area (Å²) in [7, 11) is 6.10. The Labute approximate surface area is 120 Å². The van der Waals surface area contributed by atoms with Crippen LogP contribution in [0.4, 0.5) is 5.69 Å². The van der Waals surface area contributed by atoms with E-state index in [-0.39, 0.29) is 6.04 Å². The van der Waals surface area contributed by atoms with E-state index in [0.717, 1.165) is 18.8 Å². The van der Waals surface area contributed by atoms with Crippen molar-refractivity contribution in [3.05, 3.63) is 42.0 Å². The number of hydrogen-bond donors (Lipinski definition) is 1. The summed E-state index contributed by atoms with van der Waals surface area (Å²) in [5, 5.41) is 7.61. The van der Waals surface area contributed by atoms with Crippen molar-refractivity contribution in [1.29, 1.82) is 0 Å². The molecule has 0 aliphatic rings. The van der Waals surface area contributed by atoms with Gasteiger partial charge in [0.1, 0.15) is 12.2 Å². The molecule has 0 saturated heterocycles. The lowest BCUT2D eigenvalue weighted by atomic mass is 10.0. The summed E-state index contributed by atoms with van der Waals surface area (Å²) < 4.78 is 1.94. The van der Waals surface area contributed by atoms with Gasteiger partial charge in [0.25, 0.3) is 0 Å². The van der Waals surface area contributed by atoms with E-state index in [1.165, 1.54) is 11.3 Å². The van der Waals surface area contributed by atoms with E-state index in [9.17, 15) is 0 Å². The first-order valence-electron chi connectivity index (χ1n) is 6.97. The molecule has 0 radical (unpaired) electrons. The molecule has 0 aliphatic carbocycles. The van der Waals surface area contributed by atoms with E-state index in [0.29, 0.717) is 0 Å². The fourth-order valence-corrected chi connectivity index (χ4v) is 2.30. The standard InChI is InChI=1S/C15H23N5/c1-5-20-15(17-11-18-20)10-14(16-2)12-7-6-8-13(9-12)19(3)4/h6-9,11,14,16H,5,10H2,1-4H3. The van der Waals surface area contributed by atoms with Crippen LogP contribution in [0, 0.1) is 0 Å². The monoisotopic (exact) mass is 273 g/mol. The molecule has 0 aliphatic heterocycles. The van der Waals surface area contributed by atoms with Gasteiger partial charge in [-0.1, -0.05) is 12.1 Å². The second kappa shape index (κ2) is 6.52. The normalized spacial score (nSPS) is 12.4. The van der Waals surface area contributed by atoms with Gasteiger partial charge in [0.15, 0.2) is 0 Å². The SMILES string of the molecule is CCn1ncnc1CC(NC)c1cccc(N(C)C)c1. The number of nitrogens with one attached hydrogen (secondary N) is 1. The molecule has 108 valence electrons. The molecule has 0 fully saturated rings. The Hall–Kier alpha value is -1.88. The topological polar surface area (TPSA) is 46.0 Å². The molecule has 5 nitrogen and oxygen atoms in total. The fraction of sp³-hybridized carbons (Fsp3) is 0.467. The fourth-order valence-electron chi connectivity index (χ4n) is 2.30. The largest absolute Gasteiger partial charge is 0.378 e. The summed E-state index contributed by atoms with van der Waals surface area (Å²) in [5.74, 6) is 1.02. The zero-order chi connectivity index (χ0) is 14.5. The molecular weight excluding hydrogens is 250 g/mol. The van der Waals surface area contributed by atoms with Crippen molar-refractivity contribution in [1.82, 2.24) is 20.1 Å². The molecule has 1 unspecified atom stereocenters. The molecule has 20 heavy (non-hydrogen) atoms. The van der Waals surface area contributed by atoms with Crippen LogP contribution >= 0.6 is 0 Å². The molecule has 1 heterocycles. The van der Waals surface area contributed by atoms with Gasteiger partial charge in [0, 0.05) is 38.8 Å². The van der Waals surface area contributed by atoms with E-state index < -0.39 is 0 Å². The number of anilines is 1. The first-order chi connectivity index (χ1) is 9.65. The molecule has 1 N–H and O–H groups in total. The van der Waals surface area contributed by atoms with Crippen LogP contribution in [0.1, 0.15) is 24.4 Å². The maximum atomic E-state index is 4.36. The molecule has 0 saturated carbocycles. The smallest absolute Gasteiger partial charge is 0.138 e. The molecule has 2 rings (SSSR count). The highest BCUT2D eigenvalue weighted by Gasteiger charge is 2.14. The van der Waals surface area contributed by atoms with Gasteiger partial charge in [-0.3, -0.25) is 4.68 Å². The van der Waals surface area contributed by atoms with Crippen molar-refractivity contribution in [2.75, 3.05) is 26.0 Å². The predicted molar refractivity (Wildman–Crippen MR) is 82.0 cm³/mol. The van der Waals surface area contributed by atoms with Gasteiger partial charge in [0.2, 0.25) is 0 Å². The lowest BCUT2D eigenvalue weighted by Gasteiger charge is -2.19. The van der Waals surface area contributed by atoms with Crippen molar-refractivity contribution < 1.29 is 0 Å². The van der Waals surface area contributed by atoms with Gasteiger partial charge in [-0.05, 0) is 31.7 Å². The Morgan fingerprint density at radius 3 is 2.80 bits per heavy atom. The predicted octanol–water partition coefficient (Wildman–Crippen LogP) is 1.87. The molecule has 5 heteroatoms. The number of aryl methyl sites for hydroxylation is 1. The first kappa shape index (κ1) is 14.5. The van der Waals surface area contributed by atoms with E-state index in [1.54, 1.807) is 6.33 Å². The number of likely N-dealkylation sites (N-methyl/N-ethyl adjacent to an activating group) is 1. The minimum Gasteiger partial charge on any atom is -0.378 e. The van der Waals surface area contributed by atoms with Gasteiger partial charge in [-0.15, -0.1) is 0 Å². The zero-order valence-corrected chi connectivity index (χ0v) is 12.7. The Morgan fingerprint density at radius 1 is 1.35 bits per heavy atom. The minimum atomic E-state index is 0.240. The Kier molecular flexibility index (Phi) is 4.74. The van der Waals surface area contributed by atoms with Crippen LogP contribution in [0.3, 0.4) is 0 Å². The highest BCUT2D eigenvalue weighted by atomic mass is 15.3. The maximum absolute atomic E-state index is 4.36. The summed E-state index contributed by atoms with van der Waals surface area (Å²) in [4.78, 5) is 6.48. The molecule has 0 bridgehead atoms. The van der Waals surface area contributed by atoms with Crippen LogP contribution in [-0.4, -0.2) is 35.9 Å². The lowest BCUT2D eigenvalue weighted by Crippen LogP contribution is -2.21. The summed E-state index contributed by atoms with van der Waals surface area (Å²) in [6, 6.07) is 8.82. The van der Waals surface area contributed by atoms with Crippen LogP contribution in [0.25, 0.3) is 0 Å². The number of hydrogen-bond acceptors (Lipinski definition) is 4. The number of benzene rings is 1. The van der Waals surface area contributed by atoms with E-state index in [2.05, 4.69) is 65.6 Å². The van der Waals surface area contributed by atoms with E-state index in [1.807, 2.05) is 11.7 Å². The van der Waals surface area contributed by atoms with Gasteiger partial charge in [0.05, 0.1) is 0 Å². The van der Waals surface area contributed by atoms with E-state index in [4.69, 9.17) is 0 Å². The highest BCUT2D eigenvalue weighted by molar-refractivity contribution is 5.47. The third-order valence-electron chi connectivity index (χ3n) is 3.52. The van der Waals surface area contributed by atoms with E-state index >= 15 is 0 Å². The average molecular weight is 273 g/mol. The summed E-state index contributed by atoms with van der Waals surface area (Å²) in [6.45, 7) is 2.93. The second-order valence-corrected chi connectivity index (χ2v) is 5.03. The quantitative estimate of drug-likeness (QED) is 0.873. The number of nitrogens with zero attached hydrogens (tertiary/aromatic N) is 4. The Morgan fingerprint density at radius 2 is 2.15 bits per heavy atom. The third kappa shape index (κ3) is 3.17. The maximum Gasteiger partial charge on any atom is 0.138 e. The Balaban J connectivity index is 2.22. The molecule has 2 aromatic rings. The third-order valence-corrected chi connectivity index (χ3v) is 3.52. The molecule has 0 amide bonds. The van der Waals surface area contributed by atoms with Gasteiger partial charge < -0.3 is 10.2 Å². The van der Waals surface area contributed by atoms with Crippen LogP contribution in [0.5, 0.6) is 0 Å². The number of aromatic nitrogens is 3. The van der Waals surface area contributed by atoms with Crippen LogP contribution in [0.15, 0.2) is 30.6 Å². The summed E-state index contributed by atoms with van der Waals surface area (Å²) in [5.41, 5.74) is 2.48. The molecule has 0 spiro atoms. The molecule has 1 aromatic carbocycles.